The Labute approximate surface area is 193 Å². The maximum absolute atomic E-state index is 11.4. The van der Waals surface area contributed by atoms with E-state index in [1.807, 2.05) is 41.5 Å². The van der Waals surface area contributed by atoms with Gasteiger partial charge in [-0.15, -0.1) is 0 Å². The van der Waals surface area contributed by atoms with Crippen molar-refractivity contribution in [3.63, 3.8) is 0 Å². The molecule has 0 unspecified atom stereocenters. The second kappa shape index (κ2) is 13.2. The second-order valence-electron chi connectivity index (χ2n) is 11.1. The summed E-state index contributed by atoms with van der Waals surface area (Å²) in [6.45, 7) is 12.4. The zero-order chi connectivity index (χ0) is 24.4. The van der Waals surface area contributed by atoms with E-state index >= 15 is 0 Å². The van der Waals surface area contributed by atoms with E-state index < -0.39 is 11.2 Å². The van der Waals surface area contributed by atoms with Crippen LogP contribution in [0.1, 0.15) is 92.9 Å². The van der Waals surface area contributed by atoms with Crippen LogP contribution in [0.25, 0.3) is 0 Å². The molecule has 0 saturated heterocycles. The van der Waals surface area contributed by atoms with Crippen LogP contribution < -0.4 is 10.6 Å². The SMILES string of the molecule is CC(C)(C)OC(=O)NCC1CCC(O)CC1.CC(C)(C)OC(=O)NCC1CCC(O)CC1. The van der Waals surface area contributed by atoms with Crippen molar-refractivity contribution in [3.8, 4) is 0 Å². The van der Waals surface area contributed by atoms with Crippen LogP contribution in [0.15, 0.2) is 0 Å². The number of rotatable bonds is 4. The Kier molecular flexibility index (Phi) is 11.8. The largest absolute Gasteiger partial charge is 0.444 e. The van der Waals surface area contributed by atoms with Crippen LogP contribution in [0.2, 0.25) is 0 Å². The highest BCUT2D eigenvalue weighted by molar-refractivity contribution is 5.67. The molecule has 0 aromatic rings. The van der Waals surface area contributed by atoms with Gasteiger partial charge in [-0.3, -0.25) is 0 Å². The van der Waals surface area contributed by atoms with Gasteiger partial charge in [0, 0.05) is 13.1 Å². The van der Waals surface area contributed by atoms with E-state index in [1.54, 1.807) is 0 Å². The van der Waals surface area contributed by atoms with Crippen LogP contribution in [0.4, 0.5) is 9.59 Å². The molecule has 0 aromatic carbocycles. The Balaban J connectivity index is 0.000000320. The molecule has 8 heteroatoms. The lowest BCUT2D eigenvalue weighted by Gasteiger charge is -2.26. The van der Waals surface area contributed by atoms with Gasteiger partial charge < -0.3 is 30.3 Å². The number of nitrogens with one attached hydrogen (secondary N) is 2. The standard InChI is InChI=1S/2C12H23NO3/c2*1-12(2,3)16-11(15)13-8-9-4-6-10(14)7-5-9/h2*9-10,14H,4-8H2,1-3H3,(H,13,15). The fraction of sp³-hybridized carbons (Fsp3) is 0.917. The minimum Gasteiger partial charge on any atom is -0.444 e. The number of ether oxygens (including phenoxy) is 2. The van der Waals surface area contributed by atoms with Gasteiger partial charge in [-0.25, -0.2) is 9.59 Å². The van der Waals surface area contributed by atoms with Crippen LogP contribution in [0.5, 0.6) is 0 Å². The molecule has 2 amide bonds. The zero-order valence-electron chi connectivity index (χ0n) is 20.9. The number of hydrogen-bond acceptors (Lipinski definition) is 6. The molecule has 0 aliphatic heterocycles. The number of aliphatic hydroxyl groups is 2. The molecule has 0 bridgehead atoms. The van der Waals surface area contributed by atoms with Crippen LogP contribution in [0.3, 0.4) is 0 Å². The summed E-state index contributed by atoms with van der Waals surface area (Å²) >= 11 is 0. The molecular formula is C24H46N2O6. The Hall–Kier alpha value is -1.54. The van der Waals surface area contributed by atoms with E-state index in [-0.39, 0.29) is 24.4 Å². The summed E-state index contributed by atoms with van der Waals surface area (Å²) in [5.41, 5.74) is -0.875. The summed E-state index contributed by atoms with van der Waals surface area (Å²) in [6, 6.07) is 0. The molecular weight excluding hydrogens is 412 g/mol. The van der Waals surface area contributed by atoms with Crippen molar-refractivity contribution in [3.05, 3.63) is 0 Å². The molecule has 0 aromatic heterocycles. The average molecular weight is 459 g/mol. The number of carbonyl (C=O) groups is 2. The summed E-state index contributed by atoms with van der Waals surface area (Å²) in [5, 5.41) is 24.3. The number of aliphatic hydroxyl groups excluding tert-OH is 2. The van der Waals surface area contributed by atoms with Gasteiger partial charge >= 0.3 is 12.2 Å². The van der Waals surface area contributed by atoms with Gasteiger partial charge in [0.2, 0.25) is 0 Å². The van der Waals surface area contributed by atoms with Crippen molar-refractivity contribution in [2.75, 3.05) is 13.1 Å². The van der Waals surface area contributed by atoms with Gasteiger partial charge in [-0.2, -0.15) is 0 Å². The van der Waals surface area contributed by atoms with E-state index in [4.69, 9.17) is 9.47 Å². The number of alkyl carbamates (subject to hydrolysis) is 2. The molecule has 0 radical (unpaired) electrons. The Morgan fingerprint density at radius 3 is 1.19 bits per heavy atom. The first-order valence-electron chi connectivity index (χ1n) is 12.0. The van der Waals surface area contributed by atoms with Crippen molar-refractivity contribution in [1.82, 2.24) is 10.6 Å². The summed E-state index contributed by atoms with van der Waals surface area (Å²) < 4.78 is 10.3. The quantitative estimate of drug-likeness (QED) is 0.503. The minimum absolute atomic E-state index is 0.141. The Morgan fingerprint density at radius 2 is 0.938 bits per heavy atom. The van der Waals surface area contributed by atoms with Gasteiger partial charge in [0.1, 0.15) is 11.2 Å². The summed E-state index contributed by atoms with van der Waals surface area (Å²) in [4.78, 5) is 22.8. The van der Waals surface area contributed by atoms with Crippen LogP contribution in [-0.4, -0.2) is 58.9 Å². The van der Waals surface area contributed by atoms with E-state index in [1.165, 1.54) is 0 Å². The first-order valence-corrected chi connectivity index (χ1v) is 12.0. The molecule has 2 fully saturated rings. The Morgan fingerprint density at radius 1 is 0.656 bits per heavy atom. The first kappa shape index (κ1) is 28.5. The fourth-order valence-corrected chi connectivity index (χ4v) is 3.78. The normalized spacial score (nSPS) is 26.2. The predicted octanol–water partition coefficient (Wildman–Crippen LogP) is 4.12. The molecule has 32 heavy (non-hydrogen) atoms. The van der Waals surface area contributed by atoms with Gasteiger partial charge in [-0.05, 0) is 105 Å². The van der Waals surface area contributed by atoms with Crippen molar-refractivity contribution < 1.29 is 29.3 Å². The molecule has 8 nitrogen and oxygen atoms in total. The third kappa shape index (κ3) is 14.5. The molecule has 0 atom stereocenters. The maximum Gasteiger partial charge on any atom is 0.407 e. The smallest absolute Gasteiger partial charge is 0.407 e. The maximum atomic E-state index is 11.4. The third-order valence-electron chi connectivity index (χ3n) is 5.50. The lowest BCUT2D eigenvalue weighted by molar-refractivity contribution is 0.0491. The highest BCUT2D eigenvalue weighted by Crippen LogP contribution is 2.24. The highest BCUT2D eigenvalue weighted by atomic mass is 16.6. The van der Waals surface area contributed by atoms with E-state index in [9.17, 15) is 19.8 Å². The zero-order valence-corrected chi connectivity index (χ0v) is 20.9. The van der Waals surface area contributed by atoms with Gasteiger partial charge in [0.15, 0.2) is 0 Å². The molecule has 2 saturated carbocycles. The fourth-order valence-electron chi connectivity index (χ4n) is 3.78. The van der Waals surface area contributed by atoms with Gasteiger partial charge in [-0.1, -0.05) is 0 Å². The molecule has 0 spiro atoms. The minimum atomic E-state index is -0.438. The van der Waals surface area contributed by atoms with Crippen molar-refractivity contribution >= 4 is 12.2 Å². The van der Waals surface area contributed by atoms with Gasteiger partial charge in [0.05, 0.1) is 12.2 Å². The van der Waals surface area contributed by atoms with Crippen molar-refractivity contribution in [1.29, 1.82) is 0 Å². The molecule has 188 valence electrons. The highest BCUT2D eigenvalue weighted by Gasteiger charge is 2.22. The van der Waals surface area contributed by atoms with Crippen LogP contribution in [0, 0.1) is 11.8 Å². The summed E-state index contributed by atoms with van der Waals surface area (Å²) in [7, 11) is 0. The molecule has 2 rings (SSSR count). The molecule has 4 N–H and O–H groups in total. The molecule has 0 heterocycles. The lowest BCUT2D eigenvalue weighted by atomic mass is 9.87. The van der Waals surface area contributed by atoms with E-state index in [0.717, 1.165) is 51.4 Å². The first-order chi connectivity index (χ1) is 14.7. The van der Waals surface area contributed by atoms with Crippen LogP contribution >= 0.6 is 0 Å². The van der Waals surface area contributed by atoms with Crippen LogP contribution in [-0.2, 0) is 9.47 Å². The lowest BCUT2D eigenvalue weighted by Crippen LogP contribution is -2.36. The van der Waals surface area contributed by atoms with Crippen molar-refractivity contribution in [2.24, 2.45) is 11.8 Å². The Bertz CT molecular complexity index is 504. The summed E-state index contributed by atoms with van der Waals surface area (Å²) in [6.07, 6.45) is 6.35. The molecule has 2 aliphatic carbocycles. The average Bonchev–Trinajstić information content (AvgIpc) is 2.65. The van der Waals surface area contributed by atoms with E-state index in [0.29, 0.717) is 24.9 Å². The monoisotopic (exact) mass is 458 g/mol. The predicted molar refractivity (Wildman–Crippen MR) is 124 cm³/mol. The number of amides is 2. The van der Waals surface area contributed by atoms with Gasteiger partial charge in [0.25, 0.3) is 0 Å². The molecule has 2 aliphatic rings. The third-order valence-corrected chi connectivity index (χ3v) is 5.50. The number of carbonyl (C=O) groups excluding carboxylic acids is 2. The second-order valence-corrected chi connectivity index (χ2v) is 11.1. The van der Waals surface area contributed by atoms with Crippen molar-refractivity contribution in [2.45, 2.75) is 116 Å². The number of hydrogen-bond donors (Lipinski definition) is 4. The topological polar surface area (TPSA) is 117 Å². The van der Waals surface area contributed by atoms with E-state index in [2.05, 4.69) is 10.6 Å². The summed E-state index contributed by atoms with van der Waals surface area (Å²) in [5.74, 6) is 0.965.